The summed E-state index contributed by atoms with van der Waals surface area (Å²) in [5, 5.41) is 0. The summed E-state index contributed by atoms with van der Waals surface area (Å²) in [5.74, 6) is -1.32. The number of halogens is 2. The molecule has 2 amide bonds. The van der Waals surface area contributed by atoms with Crippen molar-refractivity contribution in [2.24, 2.45) is 0 Å². The Bertz CT molecular complexity index is 1160. The van der Waals surface area contributed by atoms with Crippen molar-refractivity contribution in [2.45, 2.75) is 31.8 Å². The zero-order valence-corrected chi connectivity index (χ0v) is 19.4. The lowest BCUT2D eigenvalue weighted by Crippen LogP contribution is -2.51. The van der Waals surface area contributed by atoms with Crippen molar-refractivity contribution in [3.8, 4) is 16.9 Å². The van der Waals surface area contributed by atoms with Gasteiger partial charge < -0.3 is 14.5 Å². The highest BCUT2D eigenvalue weighted by molar-refractivity contribution is 7.89. The molecule has 2 bridgehead atoms. The second-order valence-electron chi connectivity index (χ2n) is 8.33. The molecule has 2 unspecified atom stereocenters. The summed E-state index contributed by atoms with van der Waals surface area (Å²) < 4.78 is 63.1. The highest BCUT2D eigenvalue weighted by Crippen LogP contribution is 2.36. The van der Waals surface area contributed by atoms with Gasteiger partial charge in [0.25, 0.3) is 0 Å². The van der Waals surface area contributed by atoms with Crippen molar-refractivity contribution >= 4 is 16.1 Å². The standard InChI is InChI=1S/C23H27F2N3O4S/c1-3-33(30,31)26-19-10-11-28-20(19)14-15-6-4-7-16(21(15)25)17-8-5-9-18(24)22(17)32-13-12-27(2)23(28)29/h4-9,19-20,26H,3,10-14H2,1-2H3. The fraction of sp³-hybridized carbons (Fsp3) is 0.435. The van der Waals surface area contributed by atoms with Gasteiger partial charge in [-0.05, 0) is 31.4 Å². The molecular weight excluding hydrogens is 452 g/mol. The van der Waals surface area contributed by atoms with Gasteiger partial charge >= 0.3 is 6.03 Å². The number of fused-ring (bicyclic) bond motifs is 5. The molecule has 0 radical (unpaired) electrons. The predicted octanol–water partition coefficient (Wildman–Crippen LogP) is 3.00. The van der Waals surface area contributed by atoms with Crippen molar-refractivity contribution in [1.82, 2.24) is 14.5 Å². The first kappa shape index (κ1) is 23.4. The van der Waals surface area contributed by atoms with Gasteiger partial charge in [-0.2, -0.15) is 0 Å². The minimum absolute atomic E-state index is 0.0158. The number of para-hydroxylation sites is 1. The van der Waals surface area contributed by atoms with E-state index in [1.54, 1.807) is 36.2 Å². The maximum Gasteiger partial charge on any atom is 0.320 e. The van der Waals surface area contributed by atoms with Crippen LogP contribution in [0.4, 0.5) is 13.6 Å². The quantitative estimate of drug-likeness (QED) is 0.734. The average Bonchev–Trinajstić information content (AvgIpc) is 3.16. The average molecular weight is 480 g/mol. The van der Waals surface area contributed by atoms with Crippen LogP contribution in [0.5, 0.6) is 5.75 Å². The highest BCUT2D eigenvalue weighted by Gasteiger charge is 2.40. The summed E-state index contributed by atoms with van der Waals surface area (Å²) >= 11 is 0. The van der Waals surface area contributed by atoms with Gasteiger partial charge in [-0.15, -0.1) is 0 Å². The highest BCUT2D eigenvalue weighted by atomic mass is 32.2. The first-order chi connectivity index (χ1) is 15.7. The third-order valence-electron chi connectivity index (χ3n) is 6.27. The molecule has 2 atom stereocenters. The Hall–Kier alpha value is -2.72. The van der Waals surface area contributed by atoms with Gasteiger partial charge in [-0.25, -0.2) is 26.7 Å². The largest absolute Gasteiger partial charge is 0.488 e. The lowest BCUT2D eigenvalue weighted by atomic mass is 9.95. The second-order valence-corrected chi connectivity index (χ2v) is 10.4. The van der Waals surface area contributed by atoms with Gasteiger partial charge in [-0.1, -0.05) is 30.3 Å². The predicted molar refractivity (Wildman–Crippen MR) is 121 cm³/mol. The van der Waals surface area contributed by atoms with Crippen LogP contribution in [-0.2, 0) is 16.4 Å². The van der Waals surface area contributed by atoms with Crippen LogP contribution in [0.25, 0.3) is 11.1 Å². The zero-order chi connectivity index (χ0) is 23.8. The van der Waals surface area contributed by atoms with E-state index in [0.717, 1.165) is 0 Å². The number of nitrogens with zero attached hydrogens (tertiary/aromatic N) is 2. The summed E-state index contributed by atoms with van der Waals surface area (Å²) in [7, 11) is -1.92. The minimum Gasteiger partial charge on any atom is -0.488 e. The monoisotopic (exact) mass is 479 g/mol. The van der Waals surface area contributed by atoms with Crippen molar-refractivity contribution in [3.05, 3.63) is 53.6 Å². The maximum atomic E-state index is 15.7. The van der Waals surface area contributed by atoms with Crippen LogP contribution in [0.3, 0.4) is 0 Å². The fourth-order valence-electron chi connectivity index (χ4n) is 4.43. The van der Waals surface area contributed by atoms with E-state index in [1.165, 1.54) is 24.0 Å². The molecular formula is C23H27F2N3O4S. The first-order valence-corrected chi connectivity index (χ1v) is 12.6. The van der Waals surface area contributed by atoms with Crippen molar-refractivity contribution < 1.29 is 26.7 Å². The molecule has 0 saturated carbocycles. The SMILES string of the molecule is CCS(=O)(=O)NC1CCN2C(=O)N(C)CCOc3c(F)cccc3-c3cccc(c3F)CC12. The molecule has 178 valence electrons. The number of amides is 2. The van der Waals surface area contributed by atoms with Crippen LogP contribution >= 0.6 is 0 Å². The van der Waals surface area contributed by atoms with Crippen molar-refractivity contribution in [2.75, 3.05) is 32.5 Å². The van der Waals surface area contributed by atoms with Gasteiger partial charge in [0.2, 0.25) is 10.0 Å². The van der Waals surface area contributed by atoms with Crippen LogP contribution in [0.15, 0.2) is 36.4 Å². The van der Waals surface area contributed by atoms with Gasteiger partial charge in [0, 0.05) is 30.8 Å². The molecule has 0 aromatic heterocycles. The number of likely N-dealkylation sites (N-methyl/N-ethyl adjacent to an activating group) is 1. The van der Waals surface area contributed by atoms with E-state index in [-0.39, 0.29) is 48.2 Å². The Morgan fingerprint density at radius 1 is 1.12 bits per heavy atom. The Morgan fingerprint density at radius 3 is 2.61 bits per heavy atom. The summed E-state index contributed by atoms with van der Waals surface area (Å²) in [5.41, 5.74) is 0.792. The molecule has 1 N–H and O–H groups in total. The Labute approximate surface area is 192 Å². The number of hydrogen-bond acceptors (Lipinski definition) is 4. The summed E-state index contributed by atoms with van der Waals surface area (Å²) in [6.45, 7) is 2.07. The van der Waals surface area contributed by atoms with E-state index in [9.17, 15) is 17.6 Å². The molecule has 2 heterocycles. The smallest absolute Gasteiger partial charge is 0.320 e. The van der Waals surface area contributed by atoms with E-state index < -0.39 is 33.7 Å². The van der Waals surface area contributed by atoms with Gasteiger partial charge in [0.1, 0.15) is 12.4 Å². The van der Waals surface area contributed by atoms with Gasteiger partial charge in [-0.3, -0.25) is 0 Å². The molecule has 2 aromatic carbocycles. The first-order valence-electron chi connectivity index (χ1n) is 10.9. The molecule has 2 aromatic rings. The summed E-state index contributed by atoms with van der Waals surface area (Å²) in [6.07, 6.45) is 0.539. The Balaban J connectivity index is 1.80. The van der Waals surface area contributed by atoms with Crippen LogP contribution in [0, 0.1) is 11.6 Å². The topological polar surface area (TPSA) is 79.0 Å². The summed E-state index contributed by atoms with van der Waals surface area (Å²) in [6, 6.07) is 7.73. The van der Waals surface area contributed by atoms with Crippen LogP contribution in [0.1, 0.15) is 18.9 Å². The van der Waals surface area contributed by atoms with E-state index in [2.05, 4.69) is 4.72 Å². The van der Waals surface area contributed by atoms with Crippen LogP contribution < -0.4 is 9.46 Å². The fourth-order valence-corrected chi connectivity index (χ4v) is 5.34. The second kappa shape index (κ2) is 9.26. The molecule has 1 fully saturated rings. The molecule has 2 aliphatic heterocycles. The van der Waals surface area contributed by atoms with Gasteiger partial charge in [0.05, 0.1) is 18.3 Å². The number of ether oxygens (including phenoxy) is 1. The number of benzene rings is 2. The number of hydrogen-bond donors (Lipinski definition) is 1. The van der Waals surface area contributed by atoms with Crippen molar-refractivity contribution in [1.29, 1.82) is 0 Å². The number of urea groups is 1. The summed E-state index contributed by atoms with van der Waals surface area (Å²) in [4.78, 5) is 16.2. The van der Waals surface area contributed by atoms with E-state index in [1.807, 2.05) is 0 Å². The molecule has 0 spiro atoms. The zero-order valence-electron chi connectivity index (χ0n) is 18.6. The number of carbonyl (C=O) groups is 1. The van der Waals surface area contributed by atoms with E-state index >= 15 is 4.39 Å². The molecule has 0 aliphatic carbocycles. The lowest BCUT2D eigenvalue weighted by molar-refractivity contribution is 0.146. The number of rotatable bonds is 3. The third kappa shape index (κ3) is 4.67. The van der Waals surface area contributed by atoms with Crippen LogP contribution in [-0.4, -0.2) is 68.8 Å². The minimum atomic E-state index is -3.52. The Morgan fingerprint density at radius 2 is 1.85 bits per heavy atom. The maximum absolute atomic E-state index is 15.7. The lowest BCUT2D eigenvalue weighted by Gasteiger charge is -2.32. The molecule has 2 aliphatic rings. The van der Waals surface area contributed by atoms with E-state index in [0.29, 0.717) is 18.5 Å². The number of carbonyl (C=O) groups excluding carboxylic acids is 1. The molecule has 7 nitrogen and oxygen atoms in total. The van der Waals surface area contributed by atoms with Crippen LogP contribution in [0.2, 0.25) is 0 Å². The molecule has 10 heteroatoms. The number of sulfonamides is 1. The van der Waals surface area contributed by atoms with E-state index in [4.69, 9.17) is 4.74 Å². The Kier molecular flexibility index (Phi) is 6.58. The normalized spacial score (nSPS) is 21.4. The molecule has 1 saturated heterocycles. The van der Waals surface area contributed by atoms with Gasteiger partial charge in [0.15, 0.2) is 11.6 Å². The third-order valence-corrected chi connectivity index (χ3v) is 7.69. The van der Waals surface area contributed by atoms with Crippen molar-refractivity contribution in [3.63, 3.8) is 0 Å². The molecule has 4 rings (SSSR count). The number of nitrogens with one attached hydrogen (secondary N) is 1. The molecule has 33 heavy (non-hydrogen) atoms.